The molecule has 0 fully saturated rings. The largest absolute Gasteiger partial charge is 0.419 e. The van der Waals surface area contributed by atoms with Crippen LogP contribution in [0, 0.1) is 0 Å². The number of benzene rings is 1. The van der Waals surface area contributed by atoms with Crippen molar-refractivity contribution in [2.45, 2.75) is 11.1 Å². The van der Waals surface area contributed by atoms with E-state index >= 15 is 0 Å². The molecule has 0 aliphatic carbocycles. The zero-order valence-corrected chi connectivity index (χ0v) is 8.08. The summed E-state index contributed by atoms with van der Waals surface area (Å²) in [4.78, 5) is -0.731. The summed E-state index contributed by atoms with van der Waals surface area (Å²) >= 11 is 2.59. The third kappa shape index (κ3) is 2.26. The first kappa shape index (κ1) is 11.5. The second-order valence-corrected chi connectivity index (χ2v) is 3.71. The number of hydrogen-bond donors (Lipinski definition) is 1. The molecule has 1 unspecified atom stereocenters. The van der Waals surface area contributed by atoms with Crippen LogP contribution in [0.25, 0.3) is 0 Å². The molecular weight excluding hydrogens is 241 g/mol. The van der Waals surface area contributed by atoms with Gasteiger partial charge in [-0.15, -0.1) is 0 Å². The summed E-state index contributed by atoms with van der Waals surface area (Å²) in [6.07, 6.45) is -4.73. The van der Waals surface area contributed by atoms with Crippen molar-refractivity contribution in [3.8, 4) is 0 Å². The van der Waals surface area contributed by atoms with Gasteiger partial charge >= 0.3 is 6.18 Å². The lowest BCUT2D eigenvalue weighted by Crippen LogP contribution is -2.10. The Bertz CT molecular complexity index is 378. The molecule has 2 nitrogen and oxygen atoms in total. The molecule has 1 aromatic carbocycles. The van der Waals surface area contributed by atoms with Crippen molar-refractivity contribution >= 4 is 22.7 Å². The van der Waals surface area contributed by atoms with Gasteiger partial charge in [-0.05, 0) is 12.1 Å². The highest BCUT2D eigenvalue weighted by molar-refractivity contribution is 7.79. The van der Waals surface area contributed by atoms with Crippen molar-refractivity contribution in [2.75, 3.05) is 0 Å². The summed E-state index contributed by atoms with van der Waals surface area (Å²) in [5, 5.41) is -0.586. The van der Waals surface area contributed by atoms with E-state index in [4.69, 9.17) is 16.2 Å². The Balaban J connectivity index is 3.45. The van der Waals surface area contributed by atoms with Crippen molar-refractivity contribution in [3.05, 3.63) is 28.8 Å². The van der Waals surface area contributed by atoms with E-state index in [9.17, 15) is 17.4 Å². The summed E-state index contributed by atoms with van der Waals surface area (Å²) in [6.45, 7) is 0. The third-order valence-electron chi connectivity index (χ3n) is 1.45. The standard InChI is InChI=1S/C7H4ClF3O2S/c8-4-2-1-3-5(14(12)13)6(4)7(9,10)11/h1-3H,(H,12,13). The van der Waals surface area contributed by atoms with E-state index in [1.165, 1.54) is 6.07 Å². The Labute approximate surface area is 85.0 Å². The average molecular weight is 245 g/mol. The summed E-state index contributed by atoms with van der Waals surface area (Å²) in [6, 6.07) is 3.10. The predicted octanol–water partition coefficient (Wildman–Crippen LogP) is 2.94. The molecule has 14 heavy (non-hydrogen) atoms. The second-order valence-electron chi connectivity index (χ2n) is 2.36. The van der Waals surface area contributed by atoms with Gasteiger partial charge in [-0.2, -0.15) is 13.2 Å². The van der Waals surface area contributed by atoms with E-state index in [0.717, 1.165) is 12.1 Å². The molecule has 0 radical (unpaired) electrons. The minimum absolute atomic E-state index is 0.586. The first-order valence-corrected chi connectivity index (χ1v) is 4.79. The summed E-state index contributed by atoms with van der Waals surface area (Å²) in [7, 11) is 0. The molecule has 0 amide bonds. The van der Waals surface area contributed by atoms with Crippen molar-refractivity contribution in [1.29, 1.82) is 0 Å². The molecule has 0 heterocycles. The molecule has 1 atom stereocenters. The fourth-order valence-electron chi connectivity index (χ4n) is 0.925. The Kier molecular flexibility index (Phi) is 3.18. The minimum Gasteiger partial charge on any atom is -0.302 e. The van der Waals surface area contributed by atoms with Gasteiger partial charge in [0, 0.05) is 0 Å². The lowest BCUT2D eigenvalue weighted by Gasteiger charge is -2.11. The summed E-state index contributed by atoms with van der Waals surface area (Å²) < 4.78 is 56.2. The minimum atomic E-state index is -4.73. The molecule has 1 aromatic rings. The highest BCUT2D eigenvalue weighted by atomic mass is 35.5. The lowest BCUT2D eigenvalue weighted by atomic mass is 10.2. The topological polar surface area (TPSA) is 37.3 Å². The van der Waals surface area contributed by atoms with Gasteiger partial charge in [-0.25, -0.2) is 4.21 Å². The van der Waals surface area contributed by atoms with Crippen LogP contribution in [0.5, 0.6) is 0 Å². The first-order chi connectivity index (χ1) is 6.34. The molecule has 0 aliphatic heterocycles. The Morgan fingerprint density at radius 2 is 1.93 bits per heavy atom. The van der Waals surface area contributed by atoms with Crippen molar-refractivity contribution in [3.63, 3.8) is 0 Å². The smallest absolute Gasteiger partial charge is 0.302 e. The van der Waals surface area contributed by atoms with Crippen LogP contribution < -0.4 is 0 Å². The maximum atomic E-state index is 12.3. The molecule has 7 heteroatoms. The van der Waals surface area contributed by atoms with Crippen LogP contribution in [-0.4, -0.2) is 8.76 Å². The van der Waals surface area contributed by atoms with E-state index < -0.39 is 32.7 Å². The van der Waals surface area contributed by atoms with Crippen LogP contribution in [-0.2, 0) is 17.3 Å². The van der Waals surface area contributed by atoms with Crippen molar-refractivity contribution in [2.24, 2.45) is 0 Å². The normalized spacial score (nSPS) is 14.1. The van der Waals surface area contributed by atoms with Crippen LogP contribution in [0.1, 0.15) is 5.56 Å². The van der Waals surface area contributed by atoms with Crippen molar-refractivity contribution < 1.29 is 21.9 Å². The summed E-state index contributed by atoms with van der Waals surface area (Å²) in [5.41, 5.74) is -1.26. The van der Waals surface area contributed by atoms with E-state index in [-0.39, 0.29) is 0 Å². The van der Waals surface area contributed by atoms with Gasteiger partial charge in [-0.1, -0.05) is 17.7 Å². The quantitative estimate of drug-likeness (QED) is 0.771. The van der Waals surface area contributed by atoms with Gasteiger partial charge in [-0.3, -0.25) is 0 Å². The van der Waals surface area contributed by atoms with E-state index in [1.807, 2.05) is 0 Å². The monoisotopic (exact) mass is 244 g/mol. The Morgan fingerprint density at radius 3 is 2.29 bits per heavy atom. The SMILES string of the molecule is O=S(O)c1cccc(Cl)c1C(F)(F)F. The fourth-order valence-corrected chi connectivity index (χ4v) is 1.86. The molecule has 1 rings (SSSR count). The summed E-state index contributed by atoms with van der Waals surface area (Å²) in [5.74, 6) is 0. The average Bonchev–Trinajstić information content (AvgIpc) is 2.01. The maximum Gasteiger partial charge on any atom is 0.419 e. The van der Waals surface area contributed by atoms with Crippen molar-refractivity contribution in [1.82, 2.24) is 0 Å². The first-order valence-electron chi connectivity index (χ1n) is 3.30. The van der Waals surface area contributed by atoms with Gasteiger partial charge < -0.3 is 4.55 Å². The molecular formula is C7H4ClF3O2S. The highest BCUT2D eigenvalue weighted by Crippen LogP contribution is 2.38. The van der Waals surface area contributed by atoms with Crippen LogP contribution in [0.4, 0.5) is 13.2 Å². The van der Waals surface area contributed by atoms with Crippen LogP contribution in [0.3, 0.4) is 0 Å². The molecule has 0 spiro atoms. The zero-order valence-electron chi connectivity index (χ0n) is 6.51. The highest BCUT2D eigenvalue weighted by Gasteiger charge is 2.37. The molecule has 0 saturated carbocycles. The Morgan fingerprint density at radius 1 is 1.36 bits per heavy atom. The molecule has 78 valence electrons. The molecule has 0 aliphatic rings. The number of alkyl halides is 3. The number of hydrogen-bond acceptors (Lipinski definition) is 1. The molecule has 1 N–H and O–H groups in total. The molecule has 0 aromatic heterocycles. The Hall–Kier alpha value is -0.590. The van der Waals surface area contributed by atoms with Gasteiger partial charge in [0.25, 0.3) is 0 Å². The third-order valence-corrected chi connectivity index (χ3v) is 2.48. The predicted molar refractivity (Wildman–Crippen MR) is 45.5 cm³/mol. The van der Waals surface area contributed by atoms with Gasteiger partial charge in [0.1, 0.15) is 0 Å². The maximum absolute atomic E-state index is 12.3. The van der Waals surface area contributed by atoms with E-state index in [0.29, 0.717) is 0 Å². The fraction of sp³-hybridized carbons (Fsp3) is 0.143. The van der Waals surface area contributed by atoms with Gasteiger partial charge in [0.05, 0.1) is 15.5 Å². The van der Waals surface area contributed by atoms with Crippen LogP contribution in [0.15, 0.2) is 23.1 Å². The van der Waals surface area contributed by atoms with E-state index in [2.05, 4.69) is 0 Å². The molecule has 0 bridgehead atoms. The molecule has 0 saturated heterocycles. The van der Waals surface area contributed by atoms with Crippen LogP contribution in [0.2, 0.25) is 5.02 Å². The zero-order chi connectivity index (χ0) is 10.9. The van der Waals surface area contributed by atoms with Gasteiger partial charge in [0.15, 0.2) is 11.1 Å². The van der Waals surface area contributed by atoms with E-state index in [1.54, 1.807) is 0 Å². The number of rotatable bonds is 1. The lowest BCUT2D eigenvalue weighted by molar-refractivity contribution is -0.139. The van der Waals surface area contributed by atoms with Gasteiger partial charge in [0.2, 0.25) is 0 Å². The second kappa shape index (κ2) is 3.88. The number of halogens is 4. The van der Waals surface area contributed by atoms with Crippen LogP contribution >= 0.6 is 11.6 Å².